The molecule has 0 saturated carbocycles. The molecule has 0 N–H and O–H groups in total. The molecule has 0 radical (unpaired) electrons. The maximum Gasteiger partial charge on any atom is 0.0594 e. The highest BCUT2D eigenvalue weighted by atomic mass is 16.5. The molecule has 112 valence electrons. The van der Waals surface area contributed by atoms with Crippen LogP contribution < -0.4 is 0 Å². The van der Waals surface area contributed by atoms with Crippen molar-refractivity contribution in [3.05, 3.63) is 0 Å². The van der Waals surface area contributed by atoms with Crippen molar-refractivity contribution < 1.29 is 4.74 Å². The molecule has 2 fully saturated rings. The zero-order valence-electron chi connectivity index (χ0n) is 12.8. The first-order valence-electron chi connectivity index (χ1n) is 8.10. The minimum Gasteiger partial charge on any atom is -0.379 e. The third-order valence-electron chi connectivity index (χ3n) is 4.70. The third kappa shape index (κ3) is 4.71. The van der Waals surface area contributed by atoms with Crippen LogP contribution in [-0.2, 0) is 4.74 Å². The van der Waals surface area contributed by atoms with Gasteiger partial charge in [0.05, 0.1) is 13.2 Å². The van der Waals surface area contributed by atoms with Crippen LogP contribution in [0, 0.1) is 0 Å². The summed E-state index contributed by atoms with van der Waals surface area (Å²) in [6.07, 6.45) is 2.59. The summed E-state index contributed by atoms with van der Waals surface area (Å²) in [5.41, 5.74) is 0. The average Bonchev–Trinajstić information content (AvgIpc) is 2.49. The van der Waals surface area contributed by atoms with E-state index in [-0.39, 0.29) is 0 Å². The number of morpholine rings is 1. The number of piperazine rings is 1. The summed E-state index contributed by atoms with van der Waals surface area (Å²) in [5.74, 6) is 0. The van der Waals surface area contributed by atoms with Gasteiger partial charge in [0.25, 0.3) is 0 Å². The van der Waals surface area contributed by atoms with Crippen LogP contribution in [0.1, 0.15) is 26.7 Å². The highest BCUT2D eigenvalue weighted by Crippen LogP contribution is 2.12. The molecule has 0 aromatic heterocycles. The van der Waals surface area contributed by atoms with E-state index in [1.54, 1.807) is 0 Å². The van der Waals surface area contributed by atoms with Gasteiger partial charge in [0.1, 0.15) is 0 Å². The van der Waals surface area contributed by atoms with E-state index in [0.29, 0.717) is 0 Å². The Morgan fingerprint density at radius 3 is 1.84 bits per heavy atom. The lowest BCUT2D eigenvalue weighted by Crippen LogP contribution is -2.51. The van der Waals surface area contributed by atoms with Crippen molar-refractivity contribution in [1.82, 2.24) is 14.7 Å². The van der Waals surface area contributed by atoms with E-state index < -0.39 is 0 Å². The highest BCUT2D eigenvalue weighted by molar-refractivity contribution is 4.78. The number of rotatable bonds is 6. The Labute approximate surface area is 118 Å². The topological polar surface area (TPSA) is 19.0 Å². The van der Waals surface area contributed by atoms with Crippen molar-refractivity contribution in [1.29, 1.82) is 0 Å². The summed E-state index contributed by atoms with van der Waals surface area (Å²) >= 11 is 0. The van der Waals surface area contributed by atoms with Crippen LogP contribution in [0.15, 0.2) is 0 Å². The van der Waals surface area contributed by atoms with Crippen molar-refractivity contribution in [2.24, 2.45) is 0 Å². The monoisotopic (exact) mass is 269 g/mol. The Bertz CT molecular complexity index is 232. The van der Waals surface area contributed by atoms with Gasteiger partial charge in [-0.15, -0.1) is 0 Å². The quantitative estimate of drug-likeness (QED) is 0.719. The Hall–Kier alpha value is -0.160. The van der Waals surface area contributed by atoms with E-state index in [0.717, 1.165) is 32.3 Å². The maximum atomic E-state index is 5.39. The van der Waals surface area contributed by atoms with Gasteiger partial charge >= 0.3 is 0 Å². The van der Waals surface area contributed by atoms with Gasteiger partial charge in [0.2, 0.25) is 0 Å². The standard InChI is InChI=1S/C15H31N3O/c1-3-15(4-2)18-9-7-16(8-10-18)5-6-17-11-13-19-14-12-17/h15H,3-14H2,1-2H3. The summed E-state index contributed by atoms with van der Waals surface area (Å²) in [5, 5.41) is 0. The predicted molar refractivity (Wildman–Crippen MR) is 79.6 cm³/mol. The van der Waals surface area contributed by atoms with Crippen LogP contribution in [0.3, 0.4) is 0 Å². The summed E-state index contributed by atoms with van der Waals surface area (Å²) < 4.78 is 5.39. The molecular weight excluding hydrogens is 238 g/mol. The molecule has 4 heteroatoms. The van der Waals surface area contributed by atoms with Gasteiger partial charge in [-0.1, -0.05) is 13.8 Å². The van der Waals surface area contributed by atoms with Gasteiger partial charge in [-0.2, -0.15) is 0 Å². The molecule has 0 aromatic rings. The lowest BCUT2D eigenvalue weighted by atomic mass is 10.1. The van der Waals surface area contributed by atoms with Crippen molar-refractivity contribution >= 4 is 0 Å². The normalized spacial score (nSPS) is 24.2. The van der Waals surface area contributed by atoms with E-state index >= 15 is 0 Å². The zero-order chi connectivity index (χ0) is 13.5. The van der Waals surface area contributed by atoms with Crippen molar-refractivity contribution in [3.63, 3.8) is 0 Å². The van der Waals surface area contributed by atoms with Crippen LogP contribution in [-0.4, -0.2) is 86.3 Å². The number of hydrogen-bond donors (Lipinski definition) is 0. The molecule has 0 bridgehead atoms. The van der Waals surface area contributed by atoms with Gasteiger partial charge < -0.3 is 4.74 Å². The number of nitrogens with zero attached hydrogens (tertiary/aromatic N) is 3. The Morgan fingerprint density at radius 2 is 1.32 bits per heavy atom. The Balaban J connectivity index is 1.62. The molecule has 0 spiro atoms. The predicted octanol–water partition coefficient (Wildman–Crippen LogP) is 1.12. The molecule has 2 aliphatic rings. The largest absolute Gasteiger partial charge is 0.379 e. The summed E-state index contributed by atoms with van der Waals surface area (Å²) in [6, 6.07) is 0.807. The van der Waals surface area contributed by atoms with E-state index in [1.165, 1.54) is 52.1 Å². The molecule has 2 saturated heterocycles. The second-order valence-electron chi connectivity index (χ2n) is 5.80. The molecule has 2 heterocycles. The first kappa shape index (κ1) is 15.2. The maximum absolute atomic E-state index is 5.39. The zero-order valence-corrected chi connectivity index (χ0v) is 12.8. The summed E-state index contributed by atoms with van der Waals surface area (Å²) in [4.78, 5) is 7.86. The van der Waals surface area contributed by atoms with Gasteiger partial charge in [-0.3, -0.25) is 14.7 Å². The highest BCUT2D eigenvalue weighted by Gasteiger charge is 2.21. The first-order chi connectivity index (χ1) is 9.33. The summed E-state index contributed by atoms with van der Waals surface area (Å²) in [7, 11) is 0. The van der Waals surface area contributed by atoms with Crippen LogP contribution in [0.2, 0.25) is 0 Å². The minimum atomic E-state index is 0.807. The number of hydrogen-bond acceptors (Lipinski definition) is 4. The van der Waals surface area contributed by atoms with Crippen LogP contribution in [0.4, 0.5) is 0 Å². The molecule has 0 aliphatic carbocycles. The van der Waals surface area contributed by atoms with Crippen molar-refractivity contribution in [3.8, 4) is 0 Å². The molecule has 4 nitrogen and oxygen atoms in total. The van der Waals surface area contributed by atoms with Crippen LogP contribution in [0.5, 0.6) is 0 Å². The van der Waals surface area contributed by atoms with Crippen LogP contribution >= 0.6 is 0 Å². The SMILES string of the molecule is CCC(CC)N1CCN(CCN2CCOCC2)CC1. The third-order valence-corrected chi connectivity index (χ3v) is 4.70. The summed E-state index contributed by atoms with van der Waals surface area (Å²) in [6.45, 7) is 16.2. The Kier molecular flexibility index (Phi) is 6.57. The Morgan fingerprint density at radius 1 is 0.789 bits per heavy atom. The second-order valence-corrected chi connectivity index (χ2v) is 5.80. The smallest absolute Gasteiger partial charge is 0.0594 e. The molecule has 0 atom stereocenters. The molecule has 0 aromatic carbocycles. The first-order valence-corrected chi connectivity index (χ1v) is 8.10. The molecule has 2 rings (SSSR count). The number of ether oxygens (including phenoxy) is 1. The van der Waals surface area contributed by atoms with Gasteiger partial charge in [-0.25, -0.2) is 0 Å². The van der Waals surface area contributed by atoms with Gasteiger partial charge in [0, 0.05) is 58.4 Å². The molecule has 0 amide bonds. The molecule has 0 unspecified atom stereocenters. The van der Waals surface area contributed by atoms with Crippen molar-refractivity contribution in [2.75, 3.05) is 65.6 Å². The van der Waals surface area contributed by atoms with E-state index in [9.17, 15) is 0 Å². The fourth-order valence-electron chi connectivity index (χ4n) is 3.26. The fourth-order valence-corrected chi connectivity index (χ4v) is 3.26. The fraction of sp³-hybridized carbons (Fsp3) is 1.00. The molecule has 2 aliphatic heterocycles. The van der Waals surface area contributed by atoms with E-state index in [4.69, 9.17) is 4.74 Å². The van der Waals surface area contributed by atoms with Crippen LogP contribution in [0.25, 0.3) is 0 Å². The van der Waals surface area contributed by atoms with E-state index in [1.807, 2.05) is 0 Å². The molecule has 19 heavy (non-hydrogen) atoms. The second kappa shape index (κ2) is 8.20. The van der Waals surface area contributed by atoms with Gasteiger partial charge in [0.15, 0.2) is 0 Å². The van der Waals surface area contributed by atoms with Gasteiger partial charge in [-0.05, 0) is 12.8 Å². The minimum absolute atomic E-state index is 0.807. The van der Waals surface area contributed by atoms with Crippen molar-refractivity contribution in [2.45, 2.75) is 32.7 Å². The lowest BCUT2D eigenvalue weighted by Gasteiger charge is -2.39. The lowest BCUT2D eigenvalue weighted by molar-refractivity contribution is 0.0276. The van der Waals surface area contributed by atoms with E-state index in [2.05, 4.69) is 28.5 Å². The average molecular weight is 269 g/mol. The molecular formula is C15H31N3O.